The first-order valence-electron chi connectivity index (χ1n) is 3.19. The van der Waals surface area contributed by atoms with E-state index >= 15 is 0 Å². The Morgan fingerprint density at radius 3 is 0.846 bits per heavy atom. The molecule has 0 aliphatic heterocycles. The third kappa shape index (κ3) is 3380. The van der Waals surface area contributed by atoms with Crippen LogP contribution in [0.1, 0.15) is 27.7 Å². The Kier molecular flexibility index (Phi) is 13.4. The minimum Gasteiger partial charge on any atom is -0.303 e. The number of carbonyl (C=O) groups is 2. The standard InChI is InChI=1S/2C3H6O.H3O4P/c2*1-3(2)4;1-5(2,3)4/h2*1-2H3;(H3,1,2,3,4). The van der Waals surface area contributed by atoms with Crippen LogP contribution in [0.15, 0.2) is 0 Å². The van der Waals surface area contributed by atoms with Crippen molar-refractivity contribution in [2.45, 2.75) is 27.7 Å². The van der Waals surface area contributed by atoms with Crippen LogP contribution in [0, 0.1) is 0 Å². The highest BCUT2D eigenvalue weighted by atomic mass is 31.2. The smallest absolute Gasteiger partial charge is 0.303 e. The van der Waals surface area contributed by atoms with Crippen molar-refractivity contribution in [3.8, 4) is 0 Å². The van der Waals surface area contributed by atoms with Crippen molar-refractivity contribution in [1.29, 1.82) is 0 Å². The van der Waals surface area contributed by atoms with E-state index in [9.17, 15) is 9.59 Å². The molecule has 0 aromatic heterocycles. The molecule has 0 atom stereocenters. The van der Waals surface area contributed by atoms with Gasteiger partial charge in [0.05, 0.1) is 0 Å². The van der Waals surface area contributed by atoms with E-state index in [0.717, 1.165) is 0 Å². The van der Waals surface area contributed by atoms with E-state index < -0.39 is 7.82 Å². The molecule has 0 aromatic rings. The molecule has 0 bridgehead atoms. The summed E-state index contributed by atoms with van der Waals surface area (Å²) in [5.41, 5.74) is 0. The van der Waals surface area contributed by atoms with E-state index in [1.54, 1.807) is 0 Å². The van der Waals surface area contributed by atoms with Crippen LogP contribution in [-0.4, -0.2) is 26.2 Å². The van der Waals surface area contributed by atoms with E-state index in [2.05, 4.69) is 0 Å². The molecule has 0 aliphatic carbocycles. The Balaban J connectivity index is -0.000000117. The number of ketones is 2. The maximum Gasteiger partial charge on any atom is 0.466 e. The molecule has 80 valence electrons. The van der Waals surface area contributed by atoms with Crippen LogP contribution < -0.4 is 0 Å². The summed E-state index contributed by atoms with van der Waals surface area (Å²) >= 11 is 0. The molecule has 13 heavy (non-hydrogen) atoms. The average molecular weight is 214 g/mol. The molecule has 0 saturated carbocycles. The van der Waals surface area contributed by atoms with Gasteiger partial charge in [-0.3, -0.25) is 0 Å². The number of phosphoric acid groups is 1. The quantitative estimate of drug-likeness (QED) is 0.498. The lowest BCUT2D eigenvalue weighted by molar-refractivity contribution is -0.115. The van der Waals surface area contributed by atoms with E-state index in [1.165, 1.54) is 27.7 Å². The highest BCUT2D eigenvalue weighted by Gasteiger charge is 2.00. The lowest BCUT2D eigenvalue weighted by Crippen LogP contribution is -1.69. The minimum absolute atomic E-state index is 0.167. The monoisotopic (exact) mass is 214 g/mol. The summed E-state index contributed by atoms with van der Waals surface area (Å²) in [7, 11) is -4.64. The average Bonchev–Trinajstić information content (AvgIpc) is 1.50. The second kappa shape index (κ2) is 9.54. The Labute approximate surface area is 76.8 Å². The molecule has 0 radical (unpaired) electrons. The molecule has 3 N–H and O–H groups in total. The van der Waals surface area contributed by atoms with Crippen LogP contribution in [-0.2, 0) is 14.2 Å². The highest BCUT2D eigenvalue weighted by Crippen LogP contribution is 2.25. The third-order valence-electron chi connectivity index (χ3n) is 0. The van der Waals surface area contributed by atoms with Gasteiger partial charge in [0.25, 0.3) is 0 Å². The van der Waals surface area contributed by atoms with Crippen LogP contribution in [0.5, 0.6) is 0 Å². The summed E-state index contributed by atoms with van der Waals surface area (Å²) in [5, 5.41) is 0. The van der Waals surface area contributed by atoms with Gasteiger partial charge in [0.1, 0.15) is 11.6 Å². The van der Waals surface area contributed by atoms with E-state index in [0.29, 0.717) is 0 Å². The number of carbonyl (C=O) groups excluding carboxylic acids is 2. The molecule has 0 aromatic carbocycles. The van der Waals surface area contributed by atoms with Gasteiger partial charge in [0.2, 0.25) is 0 Å². The Morgan fingerprint density at radius 2 is 0.846 bits per heavy atom. The van der Waals surface area contributed by atoms with Gasteiger partial charge in [-0.05, 0) is 27.7 Å². The van der Waals surface area contributed by atoms with Crippen molar-refractivity contribution >= 4 is 19.4 Å². The molecular formula is C6H15O6P. The fourth-order valence-electron chi connectivity index (χ4n) is 0. The Morgan fingerprint density at radius 1 is 0.846 bits per heavy atom. The fourth-order valence-corrected chi connectivity index (χ4v) is 0. The van der Waals surface area contributed by atoms with Gasteiger partial charge in [-0.15, -0.1) is 0 Å². The molecule has 0 heterocycles. The number of hydrogen-bond acceptors (Lipinski definition) is 3. The zero-order valence-corrected chi connectivity index (χ0v) is 8.91. The first-order valence-corrected chi connectivity index (χ1v) is 4.76. The van der Waals surface area contributed by atoms with Crippen molar-refractivity contribution in [3.05, 3.63) is 0 Å². The van der Waals surface area contributed by atoms with Crippen molar-refractivity contribution in [3.63, 3.8) is 0 Å². The van der Waals surface area contributed by atoms with Crippen LogP contribution in [0.2, 0.25) is 0 Å². The van der Waals surface area contributed by atoms with Crippen molar-refractivity contribution in [2.24, 2.45) is 0 Å². The zero-order chi connectivity index (χ0) is 11.7. The number of rotatable bonds is 0. The molecule has 0 aliphatic rings. The predicted molar refractivity (Wildman–Crippen MR) is 47.0 cm³/mol. The van der Waals surface area contributed by atoms with Crippen molar-refractivity contribution in [1.82, 2.24) is 0 Å². The number of hydrogen-bond donors (Lipinski definition) is 3. The lowest BCUT2D eigenvalue weighted by Gasteiger charge is -1.82. The molecule has 0 unspecified atom stereocenters. The molecule has 0 fully saturated rings. The molecular weight excluding hydrogens is 199 g/mol. The van der Waals surface area contributed by atoms with Crippen LogP contribution in [0.25, 0.3) is 0 Å². The topological polar surface area (TPSA) is 112 Å². The summed E-state index contributed by atoms with van der Waals surface area (Å²) in [4.78, 5) is 40.5. The van der Waals surface area contributed by atoms with Crippen LogP contribution >= 0.6 is 7.82 Å². The highest BCUT2D eigenvalue weighted by molar-refractivity contribution is 7.45. The lowest BCUT2D eigenvalue weighted by atomic mass is 10.6. The summed E-state index contributed by atoms with van der Waals surface area (Å²) < 4.78 is 8.88. The summed E-state index contributed by atoms with van der Waals surface area (Å²) in [6, 6.07) is 0. The van der Waals surface area contributed by atoms with E-state index in [4.69, 9.17) is 19.2 Å². The first kappa shape index (κ1) is 18.3. The van der Waals surface area contributed by atoms with Gasteiger partial charge in [-0.2, -0.15) is 0 Å². The second-order valence-corrected chi connectivity index (χ2v) is 3.36. The molecule has 0 spiro atoms. The maximum absolute atomic E-state index is 9.44. The molecule has 7 heteroatoms. The van der Waals surface area contributed by atoms with Crippen LogP contribution in [0.3, 0.4) is 0 Å². The molecule has 0 rings (SSSR count). The first-order chi connectivity index (χ1) is 5.46. The summed E-state index contributed by atoms with van der Waals surface area (Å²) in [6.07, 6.45) is 0. The molecule has 0 saturated heterocycles. The summed E-state index contributed by atoms with van der Waals surface area (Å²) in [5.74, 6) is 0.333. The van der Waals surface area contributed by atoms with Gasteiger partial charge in [0, 0.05) is 0 Å². The van der Waals surface area contributed by atoms with Crippen molar-refractivity contribution < 1.29 is 28.8 Å². The molecule has 6 nitrogen and oxygen atoms in total. The second-order valence-electron chi connectivity index (χ2n) is 2.33. The largest absolute Gasteiger partial charge is 0.466 e. The van der Waals surface area contributed by atoms with E-state index in [-0.39, 0.29) is 11.6 Å². The normalized spacial score (nSPS) is 8.54. The SMILES string of the molecule is CC(C)=O.CC(C)=O.O=P(O)(O)O. The number of Topliss-reactive ketones (excluding diaryl/α,β-unsaturated/α-hetero) is 2. The summed E-state index contributed by atoms with van der Waals surface area (Å²) in [6.45, 7) is 6.11. The van der Waals surface area contributed by atoms with Gasteiger partial charge in [0.15, 0.2) is 0 Å². The van der Waals surface area contributed by atoms with Crippen LogP contribution in [0.4, 0.5) is 0 Å². The van der Waals surface area contributed by atoms with Gasteiger partial charge >= 0.3 is 7.82 Å². The van der Waals surface area contributed by atoms with Gasteiger partial charge in [-0.1, -0.05) is 0 Å². The van der Waals surface area contributed by atoms with Crippen molar-refractivity contribution in [2.75, 3.05) is 0 Å². The zero-order valence-electron chi connectivity index (χ0n) is 8.01. The third-order valence-corrected chi connectivity index (χ3v) is 0. The van der Waals surface area contributed by atoms with Gasteiger partial charge in [-0.25, -0.2) is 4.57 Å². The fraction of sp³-hybridized carbons (Fsp3) is 0.667. The Hall–Kier alpha value is -0.550. The van der Waals surface area contributed by atoms with Gasteiger partial charge < -0.3 is 24.3 Å². The maximum atomic E-state index is 9.44. The Bertz CT molecular complexity index is 165. The van der Waals surface area contributed by atoms with E-state index in [1.807, 2.05) is 0 Å². The minimum atomic E-state index is -4.64. The molecule has 0 amide bonds. The predicted octanol–water partition coefficient (Wildman–Crippen LogP) is 0.262.